The fourth-order valence-corrected chi connectivity index (χ4v) is 2.33. The molecular weight excluding hydrogens is 206 g/mol. The van der Waals surface area contributed by atoms with Gasteiger partial charge in [-0.1, -0.05) is 23.9 Å². The molecule has 0 bridgehead atoms. The van der Waals surface area contributed by atoms with Gasteiger partial charge in [-0.2, -0.15) is 5.10 Å². The van der Waals surface area contributed by atoms with Gasteiger partial charge in [0.25, 0.3) is 0 Å². The van der Waals surface area contributed by atoms with E-state index in [1.54, 1.807) is 11.8 Å². The summed E-state index contributed by atoms with van der Waals surface area (Å²) in [7, 11) is 1.94. The summed E-state index contributed by atoms with van der Waals surface area (Å²) < 4.78 is 1.87. The summed E-state index contributed by atoms with van der Waals surface area (Å²) in [6, 6.07) is 9.90. The fourth-order valence-electron chi connectivity index (χ4n) is 1.37. The van der Waals surface area contributed by atoms with E-state index in [1.165, 1.54) is 0 Å². The molecule has 0 aliphatic carbocycles. The van der Waals surface area contributed by atoms with Gasteiger partial charge in [-0.25, -0.2) is 0 Å². The van der Waals surface area contributed by atoms with Crippen LogP contribution in [0.25, 0.3) is 0 Å². The second-order valence-corrected chi connectivity index (χ2v) is 4.45. The van der Waals surface area contributed by atoms with Crippen molar-refractivity contribution in [2.75, 3.05) is 5.73 Å². The van der Waals surface area contributed by atoms with Crippen LogP contribution in [0.1, 0.15) is 5.69 Å². The van der Waals surface area contributed by atoms with Crippen molar-refractivity contribution in [2.45, 2.75) is 16.8 Å². The summed E-state index contributed by atoms with van der Waals surface area (Å²) in [5, 5.41) is 5.39. The van der Waals surface area contributed by atoms with Crippen molar-refractivity contribution >= 4 is 17.4 Å². The Morgan fingerprint density at radius 3 is 2.67 bits per heavy atom. The quantitative estimate of drug-likeness (QED) is 0.789. The second-order valence-electron chi connectivity index (χ2n) is 3.39. The highest BCUT2D eigenvalue weighted by Crippen LogP contribution is 2.31. The molecular formula is C11H13N3S. The van der Waals surface area contributed by atoms with Crippen LogP contribution in [0.2, 0.25) is 0 Å². The van der Waals surface area contributed by atoms with Gasteiger partial charge in [-0.3, -0.25) is 4.68 Å². The summed E-state index contributed by atoms with van der Waals surface area (Å²) >= 11 is 1.64. The van der Waals surface area contributed by atoms with E-state index in [0.717, 1.165) is 21.3 Å². The van der Waals surface area contributed by atoms with Gasteiger partial charge in [-0.15, -0.1) is 0 Å². The maximum atomic E-state index is 5.87. The number of anilines is 1. The third kappa shape index (κ3) is 2.15. The van der Waals surface area contributed by atoms with Gasteiger partial charge in [-0.05, 0) is 25.1 Å². The van der Waals surface area contributed by atoms with Gasteiger partial charge in [0.15, 0.2) is 0 Å². The van der Waals surface area contributed by atoms with Gasteiger partial charge < -0.3 is 5.73 Å². The Hall–Kier alpha value is -1.42. The Labute approximate surface area is 93.3 Å². The van der Waals surface area contributed by atoms with Crippen LogP contribution in [0.3, 0.4) is 0 Å². The van der Waals surface area contributed by atoms with Crippen molar-refractivity contribution in [3.8, 4) is 0 Å². The van der Waals surface area contributed by atoms with Crippen LogP contribution in [0.15, 0.2) is 40.3 Å². The Bertz CT molecular complexity index is 476. The zero-order valence-electron chi connectivity index (χ0n) is 8.77. The molecule has 1 aromatic carbocycles. The zero-order chi connectivity index (χ0) is 10.8. The average molecular weight is 219 g/mol. The molecule has 2 rings (SSSR count). The van der Waals surface area contributed by atoms with Crippen molar-refractivity contribution in [1.29, 1.82) is 0 Å². The van der Waals surface area contributed by atoms with E-state index in [-0.39, 0.29) is 0 Å². The fraction of sp³-hybridized carbons (Fsp3) is 0.182. The lowest BCUT2D eigenvalue weighted by molar-refractivity contribution is 0.692. The summed E-state index contributed by atoms with van der Waals surface area (Å²) in [5.41, 5.74) is 7.70. The molecule has 0 fully saturated rings. The molecule has 0 aliphatic rings. The van der Waals surface area contributed by atoms with E-state index in [2.05, 4.69) is 11.2 Å². The summed E-state index contributed by atoms with van der Waals surface area (Å²) in [6.07, 6.45) is 0. The van der Waals surface area contributed by atoms with Crippen LogP contribution in [0.5, 0.6) is 0 Å². The first kappa shape index (κ1) is 10.1. The second kappa shape index (κ2) is 3.98. The van der Waals surface area contributed by atoms with Gasteiger partial charge in [0.1, 0.15) is 0 Å². The number of benzene rings is 1. The van der Waals surface area contributed by atoms with Crippen LogP contribution < -0.4 is 5.73 Å². The Morgan fingerprint density at radius 2 is 2.07 bits per heavy atom. The number of hydrogen-bond donors (Lipinski definition) is 1. The summed E-state index contributed by atoms with van der Waals surface area (Å²) in [6.45, 7) is 1.98. The molecule has 4 heteroatoms. The van der Waals surface area contributed by atoms with Crippen LogP contribution in [0.4, 0.5) is 5.69 Å². The minimum absolute atomic E-state index is 0.807. The van der Waals surface area contributed by atoms with E-state index in [1.807, 2.05) is 42.9 Å². The Kier molecular flexibility index (Phi) is 2.68. The van der Waals surface area contributed by atoms with E-state index >= 15 is 0 Å². The molecule has 0 atom stereocenters. The van der Waals surface area contributed by atoms with Crippen molar-refractivity contribution < 1.29 is 0 Å². The number of hydrogen-bond acceptors (Lipinski definition) is 3. The largest absolute Gasteiger partial charge is 0.398 e. The first-order chi connectivity index (χ1) is 7.16. The lowest BCUT2D eigenvalue weighted by Gasteiger charge is -2.04. The molecule has 0 radical (unpaired) electrons. The van der Waals surface area contributed by atoms with E-state index in [4.69, 9.17) is 5.73 Å². The highest BCUT2D eigenvalue weighted by molar-refractivity contribution is 7.99. The first-order valence-electron chi connectivity index (χ1n) is 4.70. The highest BCUT2D eigenvalue weighted by Gasteiger charge is 2.05. The number of nitrogens with two attached hydrogens (primary N) is 1. The SMILES string of the molecule is Cc1cc(Sc2ccccc2N)n(C)n1. The highest BCUT2D eigenvalue weighted by atomic mass is 32.2. The van der Waals surface area contributed by atoms with Gasteiger partial charge >= 0.3 is 0 Å². The maximum absolute atomic E-state index is 5.87. The van der Waals surface area contributed by atoms with Gasteiger partial charge in [0, 0.05) is 17.6 Å². The molecule has 2 aromatic rings. The lowest BCUT2D eigenvalue weighted by Crippen LogP contribution is -1.93. The maximum Gasteiger partial charge on any atom is 0.0987 e. The standard InChI is InChI=1S/C11H13N3S/c1-8-7-11(14(2)13-8)15-10-6-4-3-5-9(10)12/h3-7H,12H2,1-2H3. The topological polar surface area (TPSA) is 43.8 Å². The monoisotopic (exact) mass is 219 g/mol. The number of aryl methyl sites for hydroxylation is 2. The van der Waals surface area contributed by atoms with E-state index in [9.17, 15) is 0 Å². The smallest absolute Gasteiger partial charge is 0.0987 e. The van der Waals surface area contributed by atoms with Crippen LogP contribution >= 0.6 is 11.8 Å². The molecule has 0 aliphatic heterocycles. The average Bonchev–Trinajstić information content (AvgIpc) is 2.49. The molecule has 0 amide bonds. The minimum atomic E-state index is 0.807. The number of aromatic nitrogens is 2. The normalized spacial score (nSPS) is 10.5. The third-order valence-electron chi connectivity index (χ3n) is 2.09. The van der Waals surface area contributed by atoms with Crippen molar-refractivity contribution in [2.24, 2.45) is 7.05 Å². The molecule has 0 spiro atoms. The minimum Gasteiger partial charge on any atom is -0.398 e. The van der Waals surface area contributed by atoms with Crippen LogP contribution in [0, 0.1) is 6.92 Å². The van der Waals surface area contributed by atoms with Crippen LogP contribution in [-0.4, -0.2) is 9.78 Å². The number of nitrogens with zero attached hydrogens (tertiary/aromatic N) is 2. The Balaban J connectivity index is 2.29. The molecule has 0 saturated carbocycles. The Morgan fingerprint density at radius 1 is 1.33 bits per heavy atom. The zero-order valence-corrected chi connectivity index (χ0v) is 9.58. The number of para-hydroxylation sites is 1. The predicted octanol–water partition coefficient (Wildman–Crippen LogP) is 2.46. The molecule has 1 heterocycles. The lowest BCUT2D eigenvalue weighted by atomic mass is 10.3. The number of rotatable bonds is 2. The van der Waals surface area contributed by atoms with Crippen molar-refractivity contribution in [3.05, 3.63) is 36.0 Å². The van der Waals surface area contributed by atoms with Gasteiger partial charge in [0.05, 0.1) is 10.7 Å². The van der Waals surface area contributed by atoms with Crippen molar-refractivity contribution in [1.82, 2.24) is 9.78 Å². The van der Waals surface area contributed by atoms with E-state index < -0.39 is 0 Å². The summed E-state index contributed by atoms with van der Waals surface area (Å²) in [5.74, 6) is 0. The molecule has 15 heavy (non-hydrogen) atoms. The molecule has 0 unspecified atom stereocenters. The molecule has 78 valence electrons. The predicted molar refractivity (Wildman–Crippen MR) is 62.9 cm³/mol. The third-order valence-corrected chi connectivity index (χ3v) is 3.28. The molecule has 2 N–H and O–H groups in total. The van der Waals surface area contributed by atoms with Crippen molar-refractivity contribution in [3.63, 3.8) is 0 Å². The molecule has 0 saturated heterocycles. The summed E-state index contributed by atoms with van der Waals surface area (Å²) in [4.78, 5) is 1.07. The van der Waals surface area contributed by atoms with Crippen LogP contribution in [-0.2, 0) is 7.05 Å². The molecule has 1 aromatic heterocycles. The first-order valence-corrected chi connectivity index (χ1v) is 5.51. The van der Waals surface area contributed by atoms with Gasteiger partial charge in [0.2, 0.25) is 0 Å². The van der Waals surface area contributed by atoms with E-state index in [0.29, 0.717) is 0 Å². The molecule has 3 nitrogen and oxygen atoms in total. The number of nitrogen functional groups attached to an aromatic ring is 1.